The van der Waals surface area contributed by atoms with Gasteiger partial charge in [-0.2, -0.15) is 5.26 Å². The molecule has 0 radical (unpaired) electrons. The molecule has 1 N–H and O–H groups in total. The van der Waals surface area contributed by atoms with Gasteiger partial charge in [0.2, 0.25) is 5.91 Å². The van der Waals surface area contributed by atoms with Crippen LogP contribution < -0.4 is 5.32 Å². The number of carbonyl (C=O) groups excluding carboxylic acids is 1. The highest BCUT2D eigenvalue weighted by molar-refractivity contribution is 6.17. The molecule has 6 heteroatoms. The lowest BCUT2D eigenvalue weighted by Gasteiger charge is -2.15. The van der Waals surface area contributed by atoms with E-state index < -0.39 is 6.04 Å². The molecule has 1 amide bonds. The van der Waals surface area contributed by atoms with Gasteiger partial charge in [-0.15, -0.1) is 11.6 Å². The third-order valence-electron chi connectivity index (χ3n) is 3.02. The zero-order valence-corrected chi connectivity index (χ0v) is 11.4. The molecule has 0 fully saturated rings. The number of carbonyl (C=O) groups is 1. The average molecular weight is 277 g/mol. The van der Waals surface area contributed by atoms with Crippen molar-refractivity contribution < 1.29 is 4.79 Å². The molecule has 0 saturated heterocycles. The lowest BCUT2D eigenvalue weighted by Crippen LogP contribution is -2.28. The second kappa shape index (κ2) is 5.29. The summed E-state index contributed by atoms with van der Waals surface area (Å²) in [5, 5.41) is 11.6. The van der Waals surface area contributed by atoms with Gasteiger partial charge in [0.05, 0.1) is 28.5 Å². The van der Waals surface area contributed by atoms with E-state index in [0.29, 0.717) is 11.4 Å². The number of aromatic nitrogens is 2. The number of likely N-dealkylation sites (N-methyl/N-ethyl adjacent to an activating group) is 1. The molecule has 2 rings (SSSR count). The van der Waals surface area contributed by atoms with Gasteiger partial charge < -0.3 is 9.88 Å². The van der Waals surface area contributed by atoms with Crippen LogP contribution in [0.3, 0.4) is 0 Å². The highest BCUT2D eigenvalue weighted by Crippen LogP contribution is 2.23. The molecule has 0 aliphatic carbocycles. The van der Waals surface area contributed by atoms with E-state index in [1.807, 2.05) is 0 Å². The van der Waals surface area contributed by atoms with Crippen molar-refractivity contribution in [1.29, 1.82) is 5.26 Å². The quantitative estimate of drug-likeness (QED) is 0.871. The summed E-state index contributed by atoms with van der Waals surface area (Å²) >= 11 is 5.89. The third-order valence-corrected chi connectivity index (χ3v) is 3.26. The second-order valence-electron chi connectivity index (χ2n) is 4.14. The lowest BCUT2D eigenvalue weighted by atomic mass is 10.2. The fourth-order valence-electron chi connectivity index (χ4n) is 2.06. The van der Waals surface area contributed by atoms with Crippen molar-refractivity contribution in [1.82, 2.24) is 14.9 Å². The Morgan fingerprint density at radius 3 is 2.95 bits per heavy atom. The van der Waals surface area contributed by atoms with Gasteiger partial charge in [0.1, 0.15) is 11.9 Å². The van der Waals surface area contributed by atoms with E-state index in [4.69, 9.17) is 16.9 Å². The lowest BCUT2D eigenvalue weighted by molar-refractivity contribution is -0.123. The molecule has 1 unspecified atom stereocenters. The number of hydrogen-bond donors (Lipinski definition) is 1. The van der Waals surface area contributed by atoms with E-state index >= 15 is 0 Å². The molecule has 0 aliphatic rings. The number of alkyl halides is 1. The van der Waals surface area contributed by atoms with Crippen LogP contribution in [0.5, 0.6) is 0 Å². The van der Waals surface area contributed by atoms with Gasteiger partial charge in [0, 0.05) is 7.05 Å². The van der Waals surface area contributed by atoms with Gasteiger partial charge in [-0.1, -0.05) is 0 Å². The summed E-state index contributed by atoms with van der Waals surface area (Å²) in [5.41, 5.74) is 2.00. The van der Waals surface area contributed by atoms with Crippen molar-refractivity contribution in [2.75, 3.05) is 7.05 Å². The summed E-state index contributed by atoms with van der Waals surface area (Å²) in [4.78, 5) is 16.2. The summed E-state index contributed by atoms with van der Waals surface area (Å²) in [5.74, 6) is 0.689. The molecule has 0 saturated carbocycles. The van der Waals surface area contributed by atoms with E-state index in [-0.39, 0.29) is 11.8 Å². The number of rotatable bonds is 3. The largest absolute Gasteiger partial charge is 0.357 e. The Morgan fingerprint density at radius 1 is 1.63 bits per heavy atom. The van der Waals surface area contributed by atoms with Crippen molar-refractivity contribution in [3.05, 3.63) is 29.6 Å². The number of imidazole rings is 1. The Balaban J connectivity index is 2.68. The number of benzene rings is 1. The van der Waals surface area contributed by atoms with Crippen molar-refractivity contribution >= 4 is 28.5 Å². The van der Waals surface area contributed by atoms with Gasteiger partial charge in [-0.05, 0) is 25.1 Å². The van der Waals surface area contributed by atoms with Crippen LogP contribution in [-0.2, 0) is 10.7 Å². The third kappa shape index (κ3) is 2.27. The minimum atomic E-state index is -0.433. The van der Waals surface area contributed by atoms with E-state index in [0.717, 1.165) is 11.0 Å². The predicted octanol–water partition coefficient (Wildman–Crippen LogP) is 1.95. The summed E-state index contributed by atoms with van der Waals surface area (Å²) in [6, 6.07) is 6.83. The zero-order chi connectivity index (χ0) is 14.0. The number of hydrogen-bond acceptors (Lipinski definition) is 3. The fraction of sp³-hybridized carbons (Fsp3) is 0.308. The smallest absolute Gasteiger partial charge is 0.242 e. The number of amides is 1. The average Bonchev–Trinajstić information content (AvgIpc) is 2.82. The van der Waals surface area contributed by atoms with Gasteiger partial charge in [-0.25, -0.2) is 4.98 Å². The maximum absolute atomic E-state index is 11.8. The van der Waals surface area contributed by atoms with E-state index in [1.54, 1.807) is 36.7 Å². The molecule has 19 heavy (non-hydrogen) atoms. The van der Waals surface area contributed by atoms with Gasteiger partial charge in [0.15, 0.2) is 0 Å². The Kier molecular flexibility index (Phi) is 3.72. The van der Waals surface area contributed by atoms with Crippen LogP contribution in [0.25, 0.3) is 11.0 Å². The number of fused-ring (bicyclic) bond motifs is 1. The standard InChI is InChI=1S/C13H13ClN4O/c1-8(13(19)16-2)18-11-5-9(7-15)3-4-10(11)17-12(18)6-14/h3-5,8H,6H2,1-2H3,(H,16,19). The monoisotopic (exact) mass is 276 g/mol. The maximum atomic E-state index is 11.8. The second-order valence-corrected chi connectivity index (χ2v) is 4.40. The molecule has 1 atom stereocenters. The summed E-state index contributed by atoms with van der Waals surface area (Å²) in [7, 11) is 1.58. The molecule has 98 valence electrons. The molecular formula is C13H13ClN4O. The molecule has 2 aromatic rings. The minimum Gasteiger partial charge on any atom is -0.357 e. The molecule has 1 aromatic heterocycles. The molecule has 0 bridgehead atoms. The van der Waals surface area contributed by atoms with Crippen molar-refractivity contribution in [3.63, 3.8) is 0 Å². The van der Waals surface area contributed by atoms with Crippen LogP contribution in [0.2, 0.25) is 0 Å². The normalized spacial score (nSPS) is 12.1. The summed E-state index contributed by atoms with van der Waals surface area (Å²) in [6.45, 7) is 1.77. The van der Waals surface area contributed by atoms with Crippen molar-refractivity contribution in [3.8, 4) is 6.07 Å². The topological polar surface area (TPSA) is 70.7 Å². The van der Waals surface area contributed by atoms with Crippen LogP contribution in [0.1, 0.15) is 24.4 Å². The summed E-state index contributed by atoms with van der Waals surface area (Å²) < 4.78 is 1.77. The Hall–Kier alpha value is -2.06. The molecule has 1 heterocycles. The molecule has 0 spiro atoms. The number of nitrogens with one attached hydrogen (secondary N) is 1. The van der Waals surface area contributed by atoms with E-state index in [1.165, 1.54) is 0 Å². The van der Waals surface area contributed by atoms with Crippen LogP contribution in [0, 0.1) is 11.3 Å². The first-order chi connectivity index (χ1) is 9.12. The zero-order valence-electron chi connectivity index (χ0n) is 10.6. The molecule has 0 aliphatic heterocycles. The summed E-state index contributed by atoms with van der Waals surface area (Å²) in [6.07, 6.45) is 0. The maximum Gasteiger partial charge on any atom is 0.242 e. The first-order valence-electron chi connectivity index (χ1n) is 5.81. The predicted molar refractivity (Wildman–Crippen MR) is 72.8 cm³/mol. The van der Waals surface area contributed by atoms with E-state index in [2.05, 4.69) is 16.4 Å². The van der Waals surface area contributed by atoms with Crippen LogP contribution in [0.15, 0.2) is 18.2 Å². The van der Waals surface area contributed by atoms with Crippen molar-refractivity contribution in [2.45, 2.75) is 18.8 Å². The van der Waals surface area contributed by atoms with Crippen LogP contribution >= 0.6 is 11.6 Å². The van der Waals surface area contributed by atoms with Crippen LogP contribution in [0.4, 0.5) is 0 Å². The Labute approximate surface area is 115 Å². The fourth-order valence-corrected chi connectivity index (χ4v) is 2.25. The molecule has 1 aromatic carbocycles. The first kappa shape index (κ1) is 13.4. The number of nitriles is 1. The Morgan fingerprint density at radius 2 is 2.37 bits per heavy atom. The Bertz CT molecular complexity index is 671. The molecular weight excluding hydrogens is 264 g/mol. The van der Waals surface area contributed by atoms with Gasteiger partial charge in [-0.3, -0.25) is 4.79 Å². The highest BCUT2D eigenvalue weighted by atomic mass is 35.5. The SMILES string of the molecule is CNC(=O)C(C)n1c(CCl)nc2ccc(C#N)cc21. The first-order valence-corrected chi connectivity index (χ1v) is 6.34. The van der Waals surface area contributed by atoms with E-state index in [9.17, 15) is 4.79 Å². The number of halogens is 1. The molecule has 5 nitrogen and oxygen atoms in total. The number of nitrogens with zero attached hydrogens (tertiary/aromatic N) is 3. The minimum absolute atomic E-state index is 0.131. The van der Waals surface area contributed by atoms with Crippen molar-refractivity contribution in [2.24, 2.45) is 0 Å². The van der Waals surface area contributed by atoms with Crippen LogP contribution in [-0.4, -0.2) is 22.5 Å². The van der Waals surface area contributed by atoms with Gasteiger partial charge >= 0.3 is 0 Å². The van der Waals surface area contributed by atoms with Gasteiger partial charge in [0.25, 0.3) is 0 Å². The highest BCUT2D eigenvalue weighted by Gasteiger charge is 2.20.